The quantitative estimate of drug-likeness (QED) is 0.847. The minimum Gasteiger partial charge on any atom is -0.303 e. The summed E-state index contributed by atoms with van der Waals surface area (Å²) in [6.45, 7) is 1.23. The van der Waals surface area contributed by atoms with Gasteiger partial charge in [0.25, 0.3) is 0 Å². The predicted molar refractivity (Wildman–Crippen MR) is 78.9 cm³/mol. The molecule has 2 aliphatic carbocycles. The van der Waals surface area contributed by atoms with Gasteiger partial charge in [-0.2, -0.15) is 5.26 Å². The summed E-state index contributed by atoms with van der Waals surface area (Å²) in [5, 5.41) is 12.7. The number of hydrogen-bond donors (Lipinski definition) is 1. The second-order valence-electron chi connectivity index (χ2n) is 6.64. The third-order valence-electron chi connectivity index (χ3n) is 5.31. The number of hydrogen-bond acceptors (Lipinski definition) is 3. The Kier molecular flexibility index (Phi) is 5.24. The first-order valence-electron chi connectivity index (χ1n) is 7.99. The Bertz CT molecular complexity index is 316. The Morgan fingerprint density at radius 2 is 1.95 bits per heavy atom. The summed E-state index contributed by atoms with van der Waals surface area (Å²) in [5.74, 6) is 0.895. The van der Waals surface area contributed by atoms with Crippen LogP contribution in [0.1, 0.15) is 57.8 Å². The zero-order chi connectivity index (χ0) is 13.7. The van der Waals surface area contributed by atoms with E-state index in [1.165, 1.54) is 51.5 Å². The summed E-state index contributed by atoms with van der Waals surface area (Å²) in [6, 6.07) is 3.10. The highest BCUT2D eigenvalue weighted by atomic mass is 15.1. The van der Waals surface area contributed by atoms with E-state index < -0.39 is 0 Å². The summed E-state index contributed by atoms with van der Waals surface area (Å²) >= 11 is 0. The van der Waals surface area contributed by atoms with Crippen molar-refractivity contribution in [2.45, 2.75) is 69.4 Å². The molecule has 3 heteroatoms. The van der Waals surface area contributed by atoms with Gasteiger partial charge >= 0.3 is 0 Å². The second-order valence-corrected chi connectivity index (χ2v) is 6.64. The largest absolute Gasteiger partial charge is 0.303 e. The topological polar surface area (TPSA) is 39.1 Å². The predicted octanol–water partition coefficient (Wildman–Crippen LogP) is 2.92. The Hall–Kier alpha value is -0.590. The number of nitriles is 1. The molecule has 2 rings (SSSR count). The molecule has 0 aromatic heterocycles. The van der Waals surface area contributed by atoms with Gasteiger partial charge in [0, 0.05) is 12.6 Å². The van der Waals surface area contributed by atoms with Gasteiger partial charge in [-0.3, -0.25) is 0 Å². The highest BCUT2D eigenvalue weighted by molar-refractivity contribution is 5.10. The molecule has 0 heterocycles. The average molecular weight is 263 g/mol. The normalized spacial score (nSPS) is 33.3. The van der Waals surface area contributed by atoms with E-state index in [1.807, 2.05) is 7.05 Å². The van der Waals surface area contributed by atoms with Crippen molar-refractivity contribution < 1.29 is 0 Å². The molecule has 19 heavy (non-hydrogen) atoms. The van der Waals surface area contributed by atoms with Gasteiger partial charge in [-0.05, 0) is 58.5 Å². The van der Waals surface area contributed by atoms with Gasteiger partial charge in [0.1, 0.15) is 5.54 Å². The first-order chi connectivity index (χ1) is 9.19. The van der Waals surface area contributed by atoms with Crippen molar-refractivity contribution in [3.8, 4) is 6.07 Å². The first-order valence-corrected chi connectivity index (χ1v) is 7.99. The highest BCUT2D eigenvalue weighted by Gasteiger charge is 2.36. The van der Waals surface area contributed by atoms with Crippen LogP contribution in [-0.4, -0.2) is 37.1 Å². The van der Waals surface area contributed by atoms with E-state index in [1.54, 1.807) is 0 Å². The summed E-state index contributed by atoms with van der Waals surface area (Å²) < 4.78 is 0. The molecule has 108 valence electrons. The molecule has 2 unspecified atom stereocenters. The van der Waals surface area contributed by atoms with Crippen LogP contribution in [0.5, 0.6) is 0 Å². The van der Waals surface area contributed by atoms with Gasteiger partial charge in [-0.1, -0.05) is 19.3 Å². The van der Waals surface area contributed by atoms with Crippen LogP contribution in [0.15, 0.2) is 0 Å². The maximum atomic E-state index is 9.43. The summed E-state index contributed by atoms with van der Waals surface area (Å²) in [6.07, 6.45) is 11.5. The lowest BCUT2D eigenvalue weighted by molar-refractivity contribution is 0.121. The molecule has 2 fully saturated rings. The molecule has 0 radical (unpaired) electrons. The van der Waals surface area contributed by atoms with E-state index in [0.29, 0.717) is 6.04 Å². The van der Waals surface area contributed by atoms with Crippen molar-refractivity contribution in [1.29, 1.82) is 5.26 Å². The van der Waals surface area contributed by atoms with Gasteiger partial charge in [-0.25, -0.2) is 0 Å². The van der Waals surface area contributed by atoms with Crippen LogP contribution in [0.3, 0.4) is 0 Å². The van der Waals surface area contributed by atoms with Gasteiger partial charge in [0.05, 0.1) is 6.07 Å². The molecule has 0 aromatic carbocycles. The lowest BCUT2D eigenvalue weighted by atomic mass is 9.79. The molecule has 0 bridgehead atoms. The van der Waals surface area contributed by atoms with Crippen molar-refractivity contribution in [3.05, 3.63) is 0 Å². The lowest BCUT2D eigenvalue weighted by Crippen LogP contribution is -2.51. The molecule has 3 nitrogen and oxygen atoms in total. The molecule has 0 amide bonds. The van der Waals surface area contributed by atoms with Crippen LogP contribution in [0.25, 0.3) is 0 Å². The van der Waals surface area contributed by atoms with Gasteiger partial charge < -0.3 is 10.2 Å². The molecule has 2 atom stereocenters. The number of nitrogens with one attached hydrogen (secondary N) is 1. The van der Waals surface area contributed by atoms with Gasteiger partial charge in [-0.15, -0.1) is 0 Å². The van der Waals surface area contributed by atoms with Crippen LogP contribution >= 0.6 is 0 Å². The minimum atomic E-state index is -0.274. The van der Waals surface area contributed by atoms with Crippen LogP contribution < -0.4 is 5.32 Å². The van der Waals surface area contributed by atoms with Crippen LogP contribution in [0.4, 0.5) is 0 Å². The lowest BCUT2D eigenvalue weighted by Gasteiger charge is -2.41. The zero-order valence-electron chi connectivity index (χ0n) is 12.6. The average Bonchev–Trinajstić information content (AvgIpc) is 2.48. The SMILES string of the molecule is CNC1(C#N)CCCC(N(C)CC2CCCCC2)C1. The standard InChI is InChI=1S/C16H29N3/c1-18-16(13-17)10-6-9-15(11-16)19(2)12-14-7-4-3-5-8-14/h14-15,18H,3-12H2,1-2H3. The minimum absolute atomic E-state index is 0.274. The molecule has 2 saturated carbocycles. The fraction of sp³-hybridized carbons (Fsp3) is 0.938. The zero-order valence-corrected chi connectivity index (χ0v) is 12.6. The molecular formula is C16H29N3. The molecule has 1 N–H and O–H groups in total. The molecule has 2 aliphatic rings. The molecular weight excluding hydrogens is 234 g/mol. The Labute approximate surface area is 118 Å². The van der Waals surface area contributed by atoms with E-state index in [4.69, 9.17) is 0 Å². The Morgan fingerprint density at radius 3 is 2.58 bits per heavy atom. The molecule has 0 aromatic rings. The third-order valence-corrected chi connectivity index (χ3v) is 5.31. The van der Waals surface area contributed by atoms with E-state index >= 15 is 0 Å². The van der Waals surface area contributed by atoms with Gasteiger partial charge in [0.15, 0.2) is 0 Å². The van der Waals surface area contributed by atoms with Crippen molar-refractivity contribution in [1.82, 2.24) is 10.2 Å². The van der Waals surface area contributed by atoms with Crippen LogP contribution in [0, 0.1) is 17.2 Å². The summed E-state index contributed by atoms with van der Waals surface area (Å²) in [4.78, 5) is 2.54. The molecule has 0 spiro atoms. The summed E-state index contributed by atoms with van der Waals surface area (Å²) in [7, 11) is 4.20. The maximum absolute atomic E-state index is 9.43. The second kappa shape index (κ2) is 6.72. The van der Waals surface area contributed by atoms with Crippen molar-refractivity contribution >= 4 is 0 Å². The maximum Gasteiger partial charge on any atom is 0.108 e. The van der Waals surface area contributed by atoms with Gasteiger partial charge in [0.2, 0.25) is 0 Å². The Morgan fingerprint density at radius 1 is 1.21 bits per heavy atom. The highest BCUT2D eigenvalue weighted by Crippen LogP contribution is 2.32. The molecule has 0 saturated heterocycles. The van der Waals surface area contributed by atoms with Crippen molar-refractivity contribution in [2.24, 2.45) is 5.92 Å². The smallest absolute Gasteiger partial charge is 0.108 e. The van der Waals surface area contributed by atoms with Crippen molar-refractivity contribution in [2.75, 3.05) is 20.6 Å². The van der Waals surface area contributed by atoms with Crippen LogP contribution in [-0.2, 0) is 0 Å². The molecule has 0 aliphatic heterocycles. The fourth-order valence-electron chi connectivity index (χ4n) is 3.93. The third kappa shape index (κ3) is 3.70. The van der Waals surface area contributed by atoms with E-state index in [9.17, 15) is 5.26 Å². The number of nitrogens with zero attached hydrogens (tertiary/aromatic N) is 2. The van der Waals surface area contributed by atoms with Crippen molar-refractivity contribution in [3.63, 3.8) is 0 Å². The Balaban J connectivity index is 1.87. The number of rotatable bonds is 4. The van der Waals surface area contributed by atoms with E-state index in [2.05, 4.69) is 23.3 Å². The van der Waals surface area contributed by atoms with E-state index in [0.717, 1.165) is 18.8 Å². The first kappa shape index (κ1) is 14.8. The fourth-order valence-corrected chi connectivity index (χ4v) is 3.93. The van der Waals surface area contributed by atoms with E-state index in [-0.39, 0.29) is 5.54 Å². The monoisotopic (exact) mass is 263 g/mol. The summed E-state index contributed by atoms with van der Waals surface area (Å²) in [5.41, 5.74) is -0.274. The van der Waals surface area contributed by atoms with Crippen LogP contribution in [0.2, 0.25) is 0 Å².